The van der Waals surface area contributed by atoms with E-state index in [1.165, 1.54) is 6.20 Å². The van der Waals surface area contributed by atoms with E-state index in [2.05, 4.69) is 15.3 Å². The fourth-order valence-electron chi connectivity index (χ4n) is 1.26. The lowest BCUT2D eigenvalue weighted by molar-refractivity contribution is 0.0738. The van der Waals surface area contributed by atoms with Crippen molar-refractivity contribution >= 4 is 11.7 Å². The third-order valence-corrected chi connectivity index (χ3v) is 2.19. The first-order valence-electron chi connectivity index (χ1n) is 5.49. The van der Waals surface area contributed by atoms with Crippen LogP contribution in [0.4, 0.5) is 5.82 Å². The number of carbonyl (C=O) groups is 1. The van der Waals surface area contributed by atoms with E-state index in [1.807, 2.05) is 6.92 Å². The Balaban J connectivity index is 2.70. The maximum Gasteiger partial charge on any atom is 0.273 e. The van der Waals surface area contributed by atoms with Gasteiger partial charge >= 0.3 is 0 Å². The monoisotopic (exact) mass is 238 g/mol. The second-order valence-electron chi connectivity index (χ2n) is 3.54. The van der Waals surface area contributed by atoms with Gasteiger partial charge in [-0.1, -0.05) is 0 Å². The number of methoxy groups -OCH3 is 1. The van der Waals surface area contributed by atoms with Crippen molar-refractivity contribution in [3.8, 4) is 0 Å². The van der Waals surface area contributed by atoms with E-state index in [-0.39, 0.29) is 5.91 Å². The van der Waals surface area contributed by atoms with E-state index in [4.69, 9.17) is 4.74 Å². The van der Waals surface area contributed by atoms with Crippen LogP contribution in [0.1, 0.15) is 17.4 Å². The Morgan fingerprint density at radius 3 is 2.94 bits per heavy atom. The van der Waals surface area contributed by atoms with E-state index in [1.54, 1.807) is 25.3 Å². The van der Waals surface area contributed by atoms with Crippen molar-refractivity contribution in [2.24, 2.45) is 0 Å². The van der Waals surface area contributed by atoms with Crippen molar-refractivity contribution in [3.05, 3.63) is 18.1 Å². The maximum absolute atomic E-state index is 11.9. The van der Waals surface area contributed by atoms with Gasteiger partial charge in [0.25, 0.3) is 5.91 Å². The highest BCUT2D eigenvalue weighted by atomic mass is 16.5. The highest BCUT2D eigenvalue weighted by Crippen LogP contribution is 2.04. The molecule has 1 heterocycles. The van der Waals surface area contributed by atoms with Crippen molar-refractivity contribution in [2.75, 3.05) is 39.2 Å². The molecule has 0 unspecified atom stereocenters. The quantitative estimate of drug-likeness (QED) is 0.787. The Bertz CT molecular complexity index is 370. The number of rotatable bonds is 6. The fraction of sp³-hybridized carbons (Fsp3) is 0.545. The van der Waals surface area contributed by atoms with Gasteiger partial charge in [-0.05, 0) is 6.92 Å². The van der Waals surface area contributed by atoms with E-state index < -0.39 is 0 Å². The summed E-state index contributed by atoms with van der Waals surface area (Å²) in [6, 6.07) is 0. The van der Waals surface area contributed by atoms with Crippen LogP contribution in [0.3, 0.4) is 0 Å². The Hall–Kier alpha value is -1.69. The van der Waals surface area contributed by atoms with Crippen LogP contribution in [0, 0.1) is 0 Å². The van der Waals surface area contributed by atoms with Crippen LogP contribution in [0.15, 0.2) is 12.4 Å². The molecule has 0 radical (unpaired) electrons. The zero-order valence-electron chi connectivity index (χ0n) is 10.4. The zero-order chi connectivity index (χ0) is 12.7. The number of ether oxygens (including phenoxy) is 1. The zero-order valence-corrected chi connectivity index (χ0v) is 10.4. The molecule has 0 bridgehead atoms. The number of hydrogen-bond acceptors (Lipinski definition) is 5. The summed E-state index contributed by atoms with van der Waals surface area (Å²) in [5.74, 6) is 0.452. The number of nitrogens with zero attached hydrogens (tertiary/aromatic N) is 3. The summed E-state index contributed by atoms with van der Waals surface area (Å²) in [4.78, 5) is 21.7. The molecular formula is C11H18N4O2. The van der Waals surface area contributed by atoms with Gasteiger partial charge in [0.1, 0.15) is 11.5 Å². The number of amides is 1. The van der Waals surface area contributed by atoms with Crippen LogP contribution in [0.2, 0.25) is 0 Å². The molecule has 0 fully saturated rings. The molecule has 1 amide bonds. The molecule has 6 nitrogen and oxygen atoms in total. The number of nitrogens with one attached hydrogen (secondary N) is 1. The maximum atomic E-state index is 11.9. The van der Waals surface area contributed by atoms with E-state index in [9.17, 15) is 4.79 Å². The van der Waals surface area contributed by atoms with Crippen molar-refractivity contribution in [1.29, 1.82) is 0 Å². The predicted molar refractivity (Wildman–Crippen MR) is 65.0 cm³/mol. The van der Waals surface area contributed by atoms with E-state index >= 15 is 0 Å². The second-order valence-corrected chi connectivity index (χ2v) is 3.54. The standard InChI is InChI=1S/C11H18N4O2/c1-4-13-10-8-12-7-9(14-10)11(16)15(2)5-6-17-3/h7-8H,4-6H2,1-3H3,(H,13,14). The first-order chi connectivity index (χ1) is 8.19. The average Bonchev–Trinajstić information content (AvgIpc) is 2.35. The number of aromatic nitrogens is 2. The molecule has 0 saturated heterocycles. The van der Waals surface area contributed by atoms with E-state index in [0.717, 1.165) is 6.54 Å². The predicted octanol–water partition coefficient (Wildman–Crippen LogP) is 0.627. The summed E-state index contributed by atoms with van der Waals surface area (Å²) in [5.41, 5.74) is 0.335. The molecule has 0 aliphatic heterocycles. The molecule has 0 aliphatic carbocycles. The molecule has 0 spiro atoms. The third kappa shape index (κ3) is 3.99. The molecular weight excluding hydrogens is 220 g/mol. The highest BCUT2D eigenvalue weighted by Gasteiger charge is 2.13. The fourth-order valence-corrected chi connectivity index (χ4v) is 1.26. The van der Waals surface area contributed by atoms with Gasteiger partial charge in [0.05, 0.1) is 19.0 Å². The topological polar surface area (TPSA) is 67.4 Å². The van der Waals surface area contributed by atoms with Crippen molar-refractivity contribution in [2.45, 2.75) is 6.92 Å². The van der Waals surface area contributed by atoms with Gasteiger partial charge in [-0.2, -0.15) is 0 Å². The smallest absolute Gasteiger partial charge is 0.273 e. The van der Waals surface area contributed by atoms with Gasteiger partial charge < -0.3 is 15.0 Å². The molecule has 6 heteroatoms. The lowest BCUT2D eigenvalue weighted by atomic mass is 10.4. The van der Waals surface area contributed by atoms with Crippen LogP contribution in [0.5, 0.6) is 0 Å². The van der Waals surface area contributed by atoms with Gasteiger partial charge in [-0.3, -0.25) is 9.78 Å². The van der Waals surface area contributed by atoms with Gasteiger partial charge in [-0.15, -0.1) is 0 Å². The van der Waals surface area contributed by atoms with Crippen LogP contribution < -0.4 is 5.32 Å². The highest BCUT2D eigenvalue weighted by molar-refractivity contribution is 5.92. The van der Waals surface area contributed by atoms with Crippen LogP contribution in [-0.2, 0) is 4.74 Å². The Morgan fingerprint density at radius 2 is 2.29 bits per heavy atom. The van der Waals surface area contributed by atoms with Crippen molar-refractivity contribution in [1.82, 2.24) is 14.9 Å². The normalized spacial score (nSPS) is 10.1. The van der Waals surface area contributed by atoms with Crippen molar-refractivity contribution in [3.63, 3.8) is 0 Å². The number of anilines is 1. The van der Waals surface area contributed by atoms with Crippen LogP contribution >= 0.6 is 0 Å². The van der Waals surface area contributed by atoms with Gasteiger partial charge in [0, 0.05) is 27.2 Å². The minimum absolute atomic E-state index is 0.158. The molecule has 0 saturated carbocycles. The first kappa shape index (κ1) is 13.4. The number of hydrogen-bond donors (Lipinski definition) is 1. The summed E-state index contributed by atoms with van der Waals surface area (Å²) in [7, 11) is 3.31. The SMILES string of the molecule is CCNc1cncc(C(=O)N(C)CCOC)n1. The number of likely N-dealkylation sites (N-methyl/N-ethyl adjacent to an activating group) is 1. The molecule has 1 N–H and O–H groups in total. The summed E-state index contributed by atoms with van der Waals surface area (Å²) in [6.07, 6.45) is 3.06. The molecule has 1 aromatic heterocycles. The van der Waals surface area contributed by atoms with Gasteiger partial charge in [0.15, 0.2) is 0 Å². The van der Waals surface area contributed by atoms with Crippen molar-refractivity contribution < 1.29 is 9.53 Å². The summed E-state index contributed by atoms with van der Waals surface area (Å²) in [5, 5.41) is 3.02. The molecule has 17 heavy (non-hydrogen) atoms. The minimum Gasteiger partial charge on any atom is -0.383 e. The largest absolute Gasteiger partial charge is 0.383 e. The molecule has 0 atom stereocenters. The molecule has 1 rings (SSSR count). The molecule has 0 aliphatic rings. The Kier molecular flexibility index (Phi) is 5.35. The summed E-state index contributed by atoms with van der Waals surface area (Å²) < 4.78 is 4.92. The third-order valence-electron chi connectivity index (χ3n) is 2.19. The van der Waals surface area contributed by atoms with Crippen LogP contribution in [0.25, 0.3) is 0 Å². The van der Waals surface area contributed by atoms with E-state index in [0.29, 0.717) is 24.7 Å². The first-order valence-corrected chi connectivity index (χ1v) is 5.49. The molecule has 0 aromatic carbocycles. The Labute approximate surface area is 101 Å². The lowest BCUT2D eigenvalue weighted by Gasteiger charge is -2.16. The summed E-state index contributed by atoms with van der Waals surface area (Å²) >= 11 is 0. The Morgan fingerprint density at radius 1 is 1.53 bits per heavy atom. The van der Waals surface area contributed by atoms with Gasteiger partial charge in [0.2, 0.25) is 0 Å². The summed E-state index contributed by atoms with van der Waals surface area (Å²) in [6.45, 7) is 3.73. The van der Waals surface area contributed by atoms with Crippen LogP contribution in [-0.4, -0.2) is 54.6 Å². The molecule has 1 aromatic rings. The second kappa shape index (κ2) is 6.80. The van der Waals surface area contributed by atoms with Gasteiger partial charge in [-0.25, -0.2) is 4.98 Å². The number of carbonyl (C=O) groups excluding carboxylic acids is 1. The minimum atomic E-state index is -0.158. The lowest BCUT2D eigenvalue weighted by Crippen LogP contribution is -2.30. The molecule has 94 valence electrons. The average molecular weight is 238 g/mol.